The maximum atomic E-state index is 13.0. The summed E-state index contributed by atoms with van der Waals surface area (Å²) in [5.41, 5.74) is -1.92. The van der Waals surface area contributed by atoms with E-state index in [1.807, 2.05) is 30.3 Å². The second-order valence-electron chi connectivity index (χ2n) is 3.28. The van der Waals surface area contributed by atoms with E-state index in [4.69, 9.17) is 5.11 Å². The molecule has 0 saturated carbocycles. The maximum absolute atomic E-state index is 13.0. The fraction of sp³-hybridized carbons (Fsp3) is 0.0833. The molecule has 0 aliphatic rings. The smallest absolute Gasteiger partial charge is 0.349 e. The molecule has 2 aromatic carbocycles. The molecule has 0 spiro atoms. The summed E-state index contributed by atoms with van der Waals surface area (Å²) < 4.78 is 13.0. The molecule has 2 rings (SSSR count). The third-order valence-corrected chi connectivity index (χ3v) is 3.09. The maximum Gasteiger partial charge on any atom is 0.349 e. The largest absolute Gasteiger partial charge is 0.478 e. The first-order chi connectivity index (χ1) is 7.66. The third-order valence-electron chi connectivity index (χ3n) is 2.15. The zero-order valence-corrected chi connectivity index (χ0v) is 9.08. The van der Waals surface area contributed by atoms with Gasteiger partial charge in [0.25, 0.3) is 0 Å². The molecule has 1 unspecified atom stereocenters. The van der Waals surface area contributed by atoms with E-state index in [0.717, 1.165) is 10.8 Å². The molecule has 0 radical (unpaired) electrons. The van der Waals surface area contributed by atoms with Crippen molar-refractivity contribution >= 4 is 28.5 Å². The molecule has 0 saturated heterocycles. The summed E-state index contributed by atoms with van der Waals surface area (Å²) in [5.74, 6) is -1.45. The van der Waals surface area contributed by atoms with Gasteiger partial charge in [-0.3, -0.25) is 0 Å². The minimum atomic E-state index is -1.92. The second kappa shape index (κ2) is 4.53. The molecule has 4 heteroatoms. The van der Waals surface area contributed by atoms with E-state index in [0.29, 0.717) is 16.7 Å². The van der Waals surface area contributed by atoms with Crippen LogP contribution in [0.5, 0.6) is 0 Å². The van der Waals surface area contributed by atoms with Crippen molar-refractivity contribution in [2.45, 2.75) is 10.4 Å². The van der Waals surface area contributed by atoms with Crippen molar-refractivity contribution in [3.63, 3.8) is 0 Å². The van der Waals surface area contributed by atoms with Gasteiger partial charge in [-0.05, 0) is 22.9 Å². The number of carbonyl (C=O) groups is 1. The van der Waals surface area contributed by atoms with Gasteiger partial charge in [0.05, 0.1) is 0 Å². The van der Waals surface area contributed by atoms with E-state index >= 15 is 0 Å². The minimum absolute atomic E-state index is 0.619. The Balaban J connectivity index is 2.29. The first kappa shape index (κ1) is 11.0. The number of hydrogen-bond acceptors (Lipinski definition) is 2. The van der Waals surface area contributed by atoms with Gasteiger partial charge in [-0.15, -0.1) is 0 Å². The minimum Gasteiger partial charge on any atom is -0.478 e. The summed E-state index contributed by atoms with van der Waals surface area (Å²) in [6.45, 7) is 0. The van der Waals surface area contributed by atoms with Crippen LogP contribution in [0.15, 0.2) is 47.4 Å². The predicted octanol–water partition coefficient (Wildman–Crippen LogP) is 3.31. The van der Waals surface area contributed by atoms with Crippen molar-refractivity contribution in [1.29, 1.82) is 0 Å². The molecule has 2 aromatic rings. The topological polar surface area (TPSA) is 37.3 Å². The van der Waals surface area contributed by atoms with Gasteiger partial charge in [0.1, 0.15) is 0 Å². The number of rotatable bonds is 3. The van der Waals surface area contributed by atoms with Crippen LogP contribution in [0.25, 0.3) is 10.8 Å². The second-order valence-corrected chi connectivity index (χ2v) is 4.40. The monoisotopic (exact) mass is 236 g/mol. The molecular weight excluding hydrogens is 227 g/mol. The Bertz CT molecular complexity index is 527. The highest BCUT2D eigenvalue weighted by molar-refractivity contribution is 8.00. The van der Waals surface area contributed by atoms with Crippen LogP contribution in [0, 0.1) is 0 Å². The van der Waals surface area contributed by atoms with Crippen LogP contribution in [0.1, 0.15) is 0 Å². The lowest BCUT2D eigenvalue weighted by molar-refractivity contribution is -0.139. The molecule has 82 valence electrons. The van der Waals surface area contributed by atoms with E-state index in [-0.39, 0.29) is 0 Å². The number of thioether (sulfide) groups is 1. The summed E-state index contributed by atoms with van der Waals surface area (Å²) in [5, 5.41) is 10.5. The lowest BCUT2D eigenvalue weighted by Gasteiger charge is -2.04. The molecule has 0 aromatic heterocycles. The summed E-state index contributed by atoms with van der Waals surface area (Å²) in [4.78, 5) is 11.0. The number of fused-ring (bicyclic) bond motifs is 1. The molecule has 0 amide bonds. The molecule has 0 heterocycles. The average Bonchev–Trinajstić information content (AvgIpc) is 2.28. The van der Waals surface area contributed by atoms with Crippen molar-refractivity contribution in [3.8, 4) is 0 Å². The van der Waals surface area contributed by atoms with Crippen molar-refractivity contribution in [1.82, 2.24) is 0 Å². The fourth-order valence-electron chi connectivity index (χ4n) is 1.41. The molecule has 1 N–H and O–H groups in total. The number of aliphatic carboxylic acids is 1. The van der Waals surface area contributed by atoms with Crippen LogP contribution in [-0.4, -0.2) is 16.6 Å². The highest BCUT2D eigenvalue weighted by Gasteiger charge is 2.16. The van der Waals surface area contributed by atoms with Crippen LogP contribution in [0.2, 0.25) is 0 Å². The van der Waals surface area contributed by atoms with Gasteiger partial charge in [0, 0.05) is 4.90 Å². The average molecular weight is 236 g/mol. The summed E-state index contributed by atoms with van der Waals surface area (Å²) in [6.07, 6.45) is 0. The van der Waals surface area contributed by atoms with Crippen molar-refractivity contribution in [3.05, 3.63) is 42.5 Å². The van der Waals surface area contributed by atoms with E-state index in [9.17, 15) is 9.18 Å². The van der Waals surface area contributed by atoms with Crippen molar-refractivity contribution in [2.24, 2.45) is 0 Å². The highest BCUT2D eigenvalue weighted by atomic mass is 32.2. The zero-order valence-electron chi connectivity index (χ0n) is 8.26. The van der Waals surface area contributed by atoms with Crippen molar-refractivity contribution in [2.75, 3.05) is 0 Å². The Morgan fingerprint density at radius 3 is 2.56 bits per heavy atom. The van der Waals surface area contributed by atoms with Crippen LogP contribution >= 0.6 is 11.8 Å². The van der Waals surface area contributed by atoms with Crippen LogP contribution in [0.3, 0.4) is 0 Å². The molecule has 0 bridgehead atoms. The number of carboxylic acid groups (broad SMARTS) is 1. The van der Waals surface area contributed by atoms with Crippen LogP contribution < -0.4 is 0 Å². The lowest BCUT2D eigenvalue weighted by Crippen LogP contribution is -2.09. The van der Waals surface area contributed by atoms with E-state index in [2.05, 4.69) is 0 Å². The number of hydrogen-bond donors (Lipinski definition) is 1. The third kappa shape index (κ3) is 2.33. The zero-order chi connectivity index (χ0) is 11.5. The van der Waals surface area contributed by atoms with Gasteiger partial charge in [0.15, 0.2) is 0 Å². The SMILES string of the molecule is O=C(O)C(F)Sc1ccc2ccccc2c1. The van der Waals surface area contributed by atoms with Gasteiger partial charge in [-0.1, -0.05) is 42.1 Å². The Morgan fingerprint density at radius 1 is 1.19 bits per heavy atom. The molecule has 0 aliphatic carbocycles. The van der Waals surface area contributed by atoms with Gasteiger partial charge in [-0.2, -0.15) is 0 Å². The Kier molecular flexibility index (Phi) is 3.10. The van der Waals surface area contributed by atoms with Crippen molar-refractivity contribution < 1.29 is 14.3 Å². The fourth-order valence-corrected chi connectivity index (χ4v) is 2.09. The standard InChI is InChI=1S/C12H9FO2S/c13-11(12(14)15)16-10-6-5-8-3-1-2-4-9(8)7-10/h1-7,11H,(H,14,15). The molecule has 2 nitrogen and oxygen atoms in total. The molecule has 0 fully saturated rings. The first-order valence-corrected chi connectivity index (χ1v) is 5.57. The van der Waals surface area contributed by atoms with Gasteiger partial charge < -0.3 is 5.11 Å². The highest BCUT2D eigenvalue weighted by Crippen LogP contribution is 2.27. The lowest BCUT2D eigenvalue weighted by atomic mass is 10.1. The first-order valence-electron chi connectivity index (χ1n) is 4.69. The quantitative estimate of drug-likeness (QED) is 0.831. The number of carboxylic acids is 1. The van der Waals surface area contributed by atoms with E-state index < -0.39 is 11.5 Å². The Morgan fingerprint density at radius 2 is 1.88 bits per heavy atom. The van der Waals surface area contributed by atoms with E-state index in [1.165, 1.54) is 0 Å². The molecule has 16 heavy (non-hydrogen) atoms. The molecular formula is C12H9FO2S. The number of benzene rings is 2. The van der Waals surface area contributed by atoms with Gasteiger partial charge >= 0.3 is 5.97 Å². The molecule has 1 atom stereocenters. The van der Waals surface area contributed by atoms with Gasteiger partial charge in [0.2, 0.25) is 5.50 Å². The normalized spacial score (nSPS) is 12.6. The summed E-state index contributed by atoms with van der Waals surface area (Å²) in [7, 11) is 0. The summed E-state index contributed by atoms with van der Waals surface area (Å²) >= 11 is 0.700. The predicted molar refractivity (Wildman–Crippen MR) is 62.3 cm³/mol. The number of alkyl halides is 1. The van der Waals surface area contributed by atoms with Crippen LogP contribution in [0.4, 0.5) is 4.39 Å². The Hall–Kier alpha value is -1.55. The number of halogens is 1. The van der Waals surface area contributed by atoms with Crippen LogP contribution in [-0.2, 0) is 4.79 Å². The van der Waals surface area contributed by atoms with Gasteiger partial charge in [-0.25, -0.2) is 9.18 Å². The summed E-state index contributed by atoms with van der Waals surface area (Å²) in [6, 6.07) is 13.0. The molecule has 0 aliphatic heterocycles. The Labute approximate surface area is 96.1 Å². The van der Waals surface area contributed by atoms with E-state index in [1.54, 1.807) is 12.1 Å².